The van der Waals surface area contributed by atoms with Crippen molar-refractivity contribution in [2.24, 2.45) is 0 Å². The monoisotopic (exact) mass is 408 g/mol. The molecule has 0 atom stereocenters. The Morgan fingerprint density at radius 1 is 1.24 bits per heavy atom. The summed E-state index contributed by atoms with van der Waals surface area (Å²) in [6.45, 7) is 3.34. The average molecular weight is 409 g/mol. The first-order chi connectivity index (χ1) is 11.6. The minimum Gasteiger partial charge on any atom is -0.275 e. The predicted octanol–water partition coefficient (Wildman–Crippen LogP) is 3.47. The number of anilines is 1. The van der Waals surface area contributed by atoms with Gasteiger partial charge in [0.2, 0.25) is 11.2 Å². The number of aryl methyl sites for hydroxylation is 2. The highest BCUT2D eigenvalue weighted by molar-refractivity contribution is 7.92. The highest BCUT2D eigenvalue weighted by atomic mass is 35.5. The number of carbonyl (C=O) groups excluding carboxylic acids is 1. The van der Waals surface area contributed by atoms with Crippen LogP contribution in [0.4, 0.5) is 19.5 Å². The van der Waals surface area contributed by atoms with Gasteiger partial charge < -0.3 is 0 Å². The zero-order valence-electron chi connectivity index (χ0n) is 12.8. The van der Waals surface area contributed by atoms with E-state index in [1.165, 1.54) is 5.38 Å². The third-order valence-electron chi connectivity index (χ3n) is 2.71. The number of nitrogens with one attached hydrogen (secondary N) is 2. The minimum absolute atomic E-state index is 0.102. The Hall–Kier alpha value is -2.11. The van der Waals surface area contributed by atoms with Gasteiger partial charge in [0.05, 0.1) is 0 Å². The summed E-state index contributed by atoms with van der Waals surface area (Å²) in [7, 11) is -4.46. The summed E-state index contributed by atoms with van der Waals surface area (Å²) in [5.74, 6) is -1.64. The molecule has 2 N–H and O–H groups in total. The van der Waals surface area contributed by atoms with E-state index in [1.807, 2.05) is 0 Å². The lowest BCUT2D eigenvalue weighted by molar-refractivity contribution is 0.256. The van der Waals surface area contributed by atoms with Gasteiger partial charge in [-0.25, -0.2) is 32.3 Å². The molecule has 12 heteroatoms. The van der Waals surface area contributed by atoms with Gasteiger partial charge in [0.15, 0.2) is 10.0 Å². The van der Waals surface area contributed by atoms with Crippen LogP contribution in [0.25, 0.3) is 5.83 Å². The summed E-state index contributed by atoms with van der Waals surface area (Å²) in [5, 5.41) is 1.69. The van der Waals surface area contributed by atoms with E-state index >= 15 is 0 Å². The summed E-state index contributed by atoms with van der Waals surface area (Å²) >= 11 is 5.51. The number of sulfonamides is 1. The van der Waals surface area contributed by atoms with E-state index in [4.69, 9.17) is 11.6 Å². The Balaban J connectivity index is 2.23. The number of amides is 2. The molecule has 0 unspecified atom stereocenters. The predicted molar refractivity (Wildman–Crippen MR) is 90.2 cm³/mol. The summed E-state index contributed by atoms with van der Waals surface area (Å²) < 4.78 is 52.0. The summed E-state index contributed by atoms with van der Waals surface area (Å²) in [6, 6.07) is 1.54. The van der Waals surface area contributed by atoms with Crippen molar-refractivity contribution in [3.05, 3.63) is 39.8 Å². The molecule has 25 heavy (non-hydrogen) atoms. The van der Waals surface area contributed by atoms with Crippen LogP contribution < -0.4 is 10.0 Å². The van der Waals surface area contributed by atoms with Crippen molar-refractivity contribution in [1.82, 2.24) is 14.7 Å². The van der Waals surface area contributed by atoms with Crippen molar-refractivity contribution < 1.29 is 22.0 Å². The molecule has 134 valence electrons. The number of urea groups is 1. The molecule has 0 saturated heterocycles. The highest BCUT2D eigenvalue weighted by Gasteiger charge is 2.26. The third-order valence-corrected chi connectivity index (χ3v) is 5.69. The molecule has 2 amide bonds. The summed E-state index contributed by atoms with van der Waals surface area (Å²) in [6.07, 6.45) is 0. The van der Waals surface area contributed by atoms with Crippen LogP contribution in [-0.4, -0.2) is 24.4 Å². The fourth-order valence-electron chi connectivity index (χ4n) is 1.85. The lowest BCUT2D eigenvalue weighted by Gasteiger charge is -2.08. The first-order valence-corrected chi connectivity index (χ1v) is 9.29. The maximum Gasteiger partial charge on any atom is 0.335 e. The normalized spacial score (nSPS) is 12.5. The average Bonchev–Trinajstić information content (AvgIpc) is 2.94. The Morgan fingerprint density at radius 3 is 2.40 bits per heavy atom. The van der Waals surface area contributed by atoms with Crippen LogP contribution in [-0.2, 0) is 10.0 Å². The van der Waals surface area contributed by atoms with Gasteiger partial charge in [-0.3, -0.25) is 5.32 Å². The number of hydrogen-bond donors (Lipinski definition) is 2. The molecule has 2 rings (SSSR count). The molecule has 2 aromatic heterocycles. The second kappa shape index (κ2) is 7.42. The van der Waals surface area contributed by atoms with Crippen molar-refractivity contribution >= 4 is 50.8 Å². The zero-order valence-corrected chi connectivity index (χ0v) is 15.2. The Kier molecular flexibility index (Phi) is 5.70. The van der Waals surface area contributed by atoms with Gasteiger partial charge in [-0.2, -0.15) is 4.39 Å². The van der Waals surface area contributed by atoms with E-state index in [2.05, 4.69) is 15.3 Å². The van der Waals surface area contributed by atoms with E-state index in [0.717, 1.165) is 6.07 Å². The number of thiophene rings is 1. The summed E-state index contributed by atoms with van der Waals surface area (Å²) in [4.78, 5) is 19.7. The van der Waals surface area contributed by atoms with Crippen LogP contribution in [0.5, 0.6) is 0 Å². The van der Waals surface area contributed by atoms with E-state index < -0.39 is 36.9 Å². The molecule has 0 saturated carbocycles. The van der Waals surface area contributed by atoms with Gasteiger partial charge in [0, 0.05) is 17.0 Å². The van der Waals surface area contributed by atoms with E-state index in [0.29, 0.717) is 22.7 Å². The second-order valence-corrected chi connectivity index (χ2v) is 7.86. The number of carbonyl (C=O) groups is 1. The number of rotatable bonds is 4. The quantitative estimate of drug-likeness (QED) is 0.806. The molecule has 2 aromatic rings. The van der Waals surface area contributed by atoms with Crippen LogP contribution in [0.1, 0.15) is 17.0 Å². The number of halogens is 3. The first kappa shape index (κ1) is 19.2. The third kappa shape index (κ3) is 4.71. The number of nitrogens with zero attached hydrogens (tertiary/aromatic N) is 2. The molecule has 0 aliphatic carbocycles. The fraction of sp³-hybridized carbons (Fsp3) is 0.154. The largest absolute Gasteiger partial charge is 0.335 e. The number of hydrogen-bond acceptors (Lipinski definition) is 6. The smallest absolute Gasteiger partial charge is 0.275 e. The molecule has 7 nitrogen and oxygen atoms in total. The second-order valence-electron chi connectivity index (χ2n) is 4.73. The van der Waals surface area contributed by atoms with E-state index in [-0.39, 0.29) is 5.95 Å². The molecule has 0 radical (unpaired) electrons. The van der Waals surface area contributed by atoms with E-state index in [9.17, 15) is 22.0 Å². The maximum absolute atomic E-state index is 13.6. The van der Waals surface area contributed by atoms with Crippen LogP contribution in [0.2, 0.25) is 0 Å². The molecule has 0 aliphatic heterocycles. The lowest BCUT2D eigenvalue weighted by Crippen LogP contribution is -2.34. The molecule has 0 aliphatic rings. The molecule has 0 spiro atoms. The minimum atomic E-state index is -4.46. The van der Waals surface area contributed by atoms with Gasteiger partial charge in [0.25, 0.3) is 10.0 Å². The standard InChI is InChI=1S/C13H11ClF2N4O3S2/c1-6-5-7(2)18-12(17-6)19-13(21)20-25(22,23)11-8(3-4-24-11)9(15)10(14)16/h3-5H,1-2H3,(H2,17,18,19,20,21). The van der Waals surface area contributed by atoms with Crippen molar-refractivity contribution in [3.63, 3.8) is 0 Å². The molecule has 2 heterocycles. The highest BCUT2D eigenvalue weighted by Crippen LogP contribution is 2.32. The fourth-order valence-corrected chi connectivity index (χ4v) is 4.19. The molecular formula is C13H11ClF2N4O3S2. The molecule has 0 fully saturated rings. The Labute approximate surface area is 150 Å². The zero-order chi connectivity index (χ0) is 18.8. The Bertz CT molecular complexity index is 936. The summed E-state index contributed by atoms with van der Waals surface area (Å²) in [5.41, 5.74) is 0.549. The van der Waals surface area contributed by atoms with Crippen molar-refractivity contribution in [3.8, 4) is 0 Å². The van der Waals surface area contributed by atoms with Gasteiger partial charge in [0.1, 0.15) is 0 Å². The maximum atomic E-state index is 13.6. The van der Waals surface area contributed by atoms with Crippen molar-refractivity contribution in [2.75, 3.05) is 5.32 Å². The molecule has 0 bridgehead atoms. The SMILES string of the molecule is Cc1cc(C)nc(NC(=O)NS(=O)(=O)c2sccc2C(F)=C(F)Cl)n1. The van der Waals surface area contributed by atoms with Crippen LogP contribution in [0.15, 0.2) is 27.0 Å². The van der Waals surface area contributed by atoms with Gasteiger partial charge in [-0.15, -0.1) is 11.3 Å². The van der Waals surface area contributed by atoms with E-state index in [1.54, 1.807) is 24.6 Å². The van der Waals surface area contributed by atoms with Crippen LogP contribution in [0, 0.1) is 13.8 Å². The molecular weight excluding hydrogens is 398 g/mol. The number of aromatic nitrogens is 2. The van der Waals surface area contributed by atoms with Crippen molar-refractivity contribution in [2.45, 2.75) is 18.1 Å². The van der Waals surface area contributed by atoms with Gasteiger partial charge in [-0.1, -0.05) is 0 Å². The first-order valence-electron chi connectivity index (χ1n) is 6.55. The Morgan fingerprint density at radius 2 is 1.84 bits per heavy atom. The lowest BCUT2D eigenvalue weighted by atomic mass is 10.3. The van der Waals surface area contributed by atoms with Gasteiger partial charge >= 0.3 is 6.03 Å². The van der Waals surface area contributed by atoms with Crippen LogP contribution >= 0.6 is 22.9 Å². The topological polar surface area (TPSA) is 101 Å². The van der Waals surface area contributed by atoms with Crippen LogP contribution in [0.3, 0.4) is 0 Å². The van der Waals surface area contributed by atoms with Crippen molar-refractivity contribution in [1.29, 1.82) is 0 Å². The van der Waals surface area contributed by atoms with Gasteiger partial charge in [-0.05, 0) is 43.0 Å². The molecule has 0 aromatic carbocycles.